The Bertz CT molecular complexity index is 827. The SMILES string of the molecule is CC1=CC(c2ccco2)=[C-]C1C.CC1=CC(c2ccco2)=[C-]C1C.C[C](C)=[Ti+2].[Cl-].[Cl-]. The molecule has 2 unspecified atom stereocenters. The Kier molecular flexibility index (Phi) is 13.3. The van der Waals surface area contributed by atoms with E-state index in [9.17, 15) is 0 Å². The second-order valence-electron chi connectivity index (χ2n) is 7.29. The molecule has 2 aromatic rings. The summed E-state index contributed by atoms with van der Waals surface area (Å²) in [6.07, 6.45) is 14.3. The molecule has 0 amide bonds. The number of allylic oxidation sites excluding steroid dienone is 8. The first kappa shape index (κ1) is 28.7. The van der Waals surface area contributed by atoms with Crippen molar-refractivity contribution < 1.29 is 53.6 Å². The fraction of sp³-hybridized carbons (Fsp3) is 0.320. The smallest absolute Gasteiger partial charge is 1.00 e. The monoisotopic (exact) mass is 478 g/mol. The third-order valence-electron chi connectivity index (χ3n) is 4.43. The van der Waals surface area contributed by atoms with E-state index in [1.807, 2.05) is 24.3 Å². The summed E-state index contributed by atoms with van der Waals surface area (Å²) in [6, 6.07) is 7.72. The number of furan rings is 2. The normalized spacial score (nSPS) is 18.8. The molecule has 2 aliphatic carbocycles. The van der Waals surface area contributed by atoms with Gasteiger partial charge in [0.1, 0.15) is 0 Å². The van der Waals surface area contributed by atoms with Gasteiger partial charge in [-0.05, 0) is 12.1 Å². The zero-order chi connectivity index (χ0) is 20.7. The predicted octanol–water partition coefficient (Wildman–Crippen LogP) is 0.878. The molecule has 0 radical (unpaired) electrons. The molecule has 0 saturated carbocycles. The Balaban J connectivity index is 0.000000452. The van der Waals surface area contributed by atoms with Crippen LogP contribution in [-0.2, 0) is 20.0 Å². The minimum absolute atomic E-state index is 0. The van der Waals surface area contributed by atoms with E-state index >= 15 is 0 Å². The van der Waals surface area contributed by atoms with Gasteiger partial charge in [0.05, 0.1) is 12.5 Å². The average Bonchev–Trinajstić information content (AvgIpc) is 3.39. The average molecular weight is 479 g/mol. The van der Waals surface area contributed by atoms with E-state index in [4.69, 9.17) is 8.83 Å². The van der Waals surface area contributed by atoms with Crippen LogP contribution in [0.4, 0.5) is 0 Å². The second kappa shape index (κ2) is 13.9. The first-order valence-corrected chi connectivity index (χ1v) is 10.3. The van der Waals surface area contributed by atoms with Crippen LogP contribution in [0, 0.1) is 24.0 Å². The molecule has 0 fully saturated rings. The molecular weight excluding hydrogens is 451 g/mol. The minimum atomic E-state index is 0. The molecule has 5 heteroatoms. The van der Waals surface area contributed by atoms with Crippen LogP contribution < -0.4 is 24.8 Å². The maximum atomic E-state index is 5.27. The Hall–Kier alpha value is -1.32. The molecule has 2 nitrogen and oxygen atoms in total. The van der Waals surface area contributed by atoms with Gasteiger partial charge in [-0.2, -0.15) is 35.5 Å². The topological polar surface area (TPSA) is 26.3 Å². The summed E-state index contributed by atoms with van der Waals surface area (Å²) < 4.78 is 12.0. The van der Waals surface area contributed by atoms with E-state index in [1.54, 1.807) is 12.5 Å². The molecule has 0 bridgehead atoms. The molecule has 2 aromatic heterocycles. The number of hydrogen-bond acceptors (Lipinski definition) is 2. The van der Waals surface area contributed by atoms with E-state index in [-0.39, 0.29) is 24.8 Å². The first-order valence-electron chi connectivity index (χ1n) is 9.50. The maximum absolute atomic E-state index is 5.27. The van der Waals surface area contributed by atoms with Gasteiger partial charge in [-0.1, -0.05) is 51.7 Å². The van der Waals surface area contributed by atoms with Gasteiger partial charge >= 0.3 is 37.6 Å². The van der Waals surface area contributed by atoms with Gasteiger partial charge in [0.15, 0.2) is 0 Å². The number of halogens is 2. The van der Waals surface area contributed by atoms with Gasteiger partial charge in [0.2, 0.25) is 0 Å². The van der Waals surface area contributed by atoms with Crippen LogP contribution >= 0.6 is 0 Å². The fourth-order valence-electron chi connectivity index (χ4n) is 2.63. The second-order valence-corrected chi connectivity index (χ2v) is 8.85. The maximum Gasteiger partial charge on any atom is -1.00 e. The largest absolute Gasteiger partial charge is 1.00 e. The van der Waals surface area contributed by atoms with E-state index in [0.717, 1.165) is 22.7 Å². The van der Waals surface area contributed by atoms with Crippen molar-refractivity contribution in [2.75, 3.05) is 0 Å². The van der Waals surface area contributed by atoms with Gasteiger partial charge in [-0.15, -0.1) is 11.1 Å². The van der Waals surface area contributed by atoms with E-state index in [1.165, 1.54) is 15.0 Å². The molecule has 4 rings (SSSR count). The van der Waals surface area contributed by atoms with Gasteiger partial charge in [0, 0.05) is 11.5 Å². The summed E-state index contributed by atoms with van der Waals surface area (Å²) >= 11 is 2.08. The summed E-state index contributed by atoms with van der Waals surface area (Å²) in [5, 5.41) is 0. The summed E-state index contributed by atoms with van der Waals surface area (Å²) in [4.78, 5) is 0. The first-order chi connectivity index (χ1) is 13.3. The van der Waals surface area contributed by atoms with Gasteiger partial charge < -0.3 is 33.6 Å². The molecule has 0 N–H and O–H groups in total. The summed E-state index contributed by atoms with van der Waals surface area (Å²) in [7, 11) is 0. The number of rotatable bonds is 2. The van der Waals surface area contributed by atoms with Crippen molar-refractivity contribution >= 4 is 15.0 Å². The van der Waals surface area contributed by atoms with Crippen molar-refractivity contribution in [3.8, 4) is 0 Å². The molecule has 0 saturated heterocycles. The van der Waals surface area contributed by atoms with Crippen LogP contribution in [-0.4, -0.2) is 3.81 Å². The third-order valence-corrected chi connectivity index (χ3v) is 4.43. The molecular formula is C25H28Cl2O2Ti-2. The van der Waals surface area contributed by atoms with Crippen LogP contribution in [0.1, 0.15) is 53.1 Å². The Morgan fingerprint density at radius 2 is 1.13 bits per heavy atom. The van der Waals surface area contributed by atoms with Crippen molar-refractivity contribution in [1.29, 1.82) is 0 Å². The van der Waals surface area contributed by atoms with E-state index < -0.39 is 0 Å². The van der Waals surface area contributed by atoms with E-state index in [2.05, 4.69) is 85.8 Å². The van der Waals surface area contributed by atoms with Crippen LogP contribution in [0.3, 0.4) is 0 Å². The summed E-state index contributed by atoms with van der Waals surface area (Å²) in [6.45, 7) is 12.7. The minimum Gasteiger partial charge on any atom is -1.00 e. The predicted molar refractivity (Wildman–Crippen MR) is 113 cm³/mol. The van der Waals surface area contributed by atoms with Gasteiger partial charge in [0.25, 0.3) is 0 Å². The Labute approximate surface area is 204 Å². The molecule has 0 spiro atoms. The van der Waals surface area contributed by atoms with E-state index in [0.29, 0.717) is 11.8 Å². The van der Waals surface area contributed by atoms with Crippen molar-refractivity contribution in [2.24, 2.45) is 11.8 Å². The molecule has 30 heavy (non-hydrogen) atoms. The molecule has 2 aliphatic rings. The van der Waals surface area contributed by atoms with Crippen molar-refractivity contribution in [3.63, 3.8) is 0 Å². The molecule has 160 valence electrons. The Morgan fingerprint density at radius 1 is 0.800 bits per heavy atom. The van der Waals surface area contributed by atoms with Crippen molar-refractivity contribution in [1.82, 2.24) is 0 Å². The van der Waals surface area contributed by atoms with Crippen molar-refractivity contribution in [2.45, 2.75) is 41.5 Å². The zero-order valence-corrected chi connectivity index (χ0v) is 21.4. The van der Waals surface area contributed by atoms with Crippen LogP contribution in [0.5, 0.6) is 0 Å². The van der Waals surface area contributed by atoms with Crippen LogP contribution in [0.25, 0.3) is 11.1 Å². The molecule has 2 atom stereocenters. The number of hydrogen-bond donors (Lipinski definition) is 0. The van der Waals surface area contributed by atoms with Gasteiger partial charge in [-0.25, -0.2) is 0 Å². The fourth-order valence-corrected chi connectivity index (χ4v) is 2.63. The quantitative estimate of drug-likeness (QED) is 0.473. The van der Waals surface area contributed by atoms with Gasteiger partial charge in [-0.3, -0.25) is 0 Å². The molecule has 0 aliphatic heterocycles. The molecule has 0 aromatic carbocycles. The van der Waals surface area contributed by atoms with Crippen LogP contribution in [0.2, 0.25) is 0 Å². The van der Waals surface area contributed by atoms with Crippen molar-refractivity contribution in [3.05, 3.63) is 83.8 Å². The van der Waals surface area contributed by atoms with Crippen LogP contribution in [0.15, 0.2) is 68.9 Å². The third kappa shape index (κ3) is 8.82. The zero-order valence-electron chi connectivity index (χ0n) is 18.3. The summed E-state index contributed by atoms with van der Waals surface area (Å²) in [5.74, 6) is 2.70. The standard InChI is InChI=1S/2C11H11O.C3H6.2ClH.Ti/c2*1-8-6-10(7-9(8)2)11-4-3-5-12-11;1-3-2;;;/h2*3-6,9H,1-2H3;1-2H3;2*1H;/q2*-1;;;;+2/p-2. The Morgan fingerprint density at radius 3 is 1.33 bits per heavy atom. The summed E-state index contributed by atoms with van der Waals surface area (Å²) in [5.41, 5.74) is 4.87. The molecule has 2 heterocycles.